The number of H-pyrrole nitrogens is 1. The van der Waals surface area contributed by atoms with Crippen LogP contribution in [-0.2, 0) is 0 Å². The highest BCUT2D eigenvalue weighted by Gasteiger charge is 2.03. The monoisotopic (exact) mass is 226 g/mol. The van der Waals surface area contributed by atoms with Crippen molar-refractivity contribution in [2.24, 2.45) is 0 Å². The van der Waals surface area contributed by atoms with E-state index in [1.54, 1.807) is 0 Å². The van der Waals surface area contributed by atoms with Gasteiger partial charge in [0.25, 0.3) is 0 Å². The number of nitrogens with two attached hydrogens (primary N) is 1. The molecule has 0 amide bonds. The van der Waals surface area contributed by atoms with E-state index < -0.39 is 0 Å². The molecule has 0 bridgehead atoms. The fourth-order valence-electron chi connectivity index (χ4n) is 1.83. The molecule has 3 N–H and O–H groups in total. The van der Waals surface area contributed by atoms with E-state index >= 15 is 0 Å². The smallest absolute Gasteiger partial charge is 0.0415 e. The van der Waals surface area contributed by atoms with Gasteiger partial charge in [-0.1, -0.05) is 18.2 Å². The highest BCUT2D eigenvalue weighted by atomic mass is 14.7. The van der Waals surface area contributed by atoms with Gasteiger partial charge in [0.15, 0.2) is 0 Å². The van der Waals surface area contributed by atoms with E-state index in [4.69, 9.17) is 5.73 Å². The molecule has 17 heavy (non-hydrogen) atoms. The summed E-state index contributed by atoms with van der Waals surface area (Å²) in [5, 5.41) is 0. The molecule has 2 rings (SSSR count). The second-order valence-electron chi connectivity index (χ2n) is 4.41. The van der Waals surface area contributed by atoms with Crippen molar-refractivity contribution in [2.75, 3.05) is 5.73 Å². The lowest BCUT2D eigenvalue weighted by molar-refractivity contribution is 1.22. The van der Waals surface area contributed by atoms with Gasteiger partial charge >= 0.3 is 0 Å². The zero-order valence-corrected chi connectivity index (χ0v) is 10.5. The van der Waals surface area contributed by atoms with E-state index in [-0.39, 0.29) is 0 Å². The van der Waals surface area contributed by atoms with Gasteiger partial charge in [0.2, 0.25) is 0 Å². The van der Waals surface area contributed by atoms with Gasteiger partial charge in [-0.2, -0.15) is 0 Å². The molecule has 1 aromatic heterocycles. The largest absolute Gasteiger partial charge is 0.399 e. The van der Waals surface area contributed by atoms with Crippen LogP contribution in [0.3, 0.4) is 0 Å². The summed E-state index contributed by atoms with van der Waals surface area (Å²) in [5.41, 5.74) is 12.7. The highest BCUT2D eigenvalue weighted by molar-refractivity contribution is 5.71. The Balaban J connectivity index is 2.26. The van der Waals surface area contributed by atoms with Gasteiger partial charge in [-0.25, -0.2) is 0 Å². The zero-order valence-electron chi connectivity index (χ0n) is 10.5. The van der Waals surface area contributed by atoms with Gasteiger partial charge in [0, 0.05) is 17.1 Å². The van der Waals surface area contributed by atoms with Crippen LogP contribution in [0.25, 0.3) is 12.2 Å². The third kappa shape index (κ3) is 2.41. The van der Waals surface area contributed by atoms with Crippen LogP contribution in [-0.4, -0.2) is 4.98 Å². The Hall–Kier alpha value is -1.96. The predicted molar refractivity (Wildman–Crippen MR) is 74.8 cm³/mol. The molecule has 2 aromatic rings. The Morgan fingerprint density at radius 3 is 2.12 bits per heavy atom. The summed E-state index contributed by atoms with van der Waals surface area (Å²) in [7, 11) is 0. The maximum atomic E-state index is 5.65. The SMILES string of the molecule is Cc1[nH]c(/C=C/c2ccc(N)cc2)c(C)c1C. The van der Waals surface area contributed by atoms with Crippen molar-refractivity contribution in [2.45, 2.75) is 20.8 Å². The van der Waals surface area contributed by atoms with Gasteiger partial charge in [-0.3, -0.25) is 0 Å². The topological polar surface area (TPSA) is 41.8 Å². The molecule has 88 valence electrons. The predicted octanol–water partition coefficient (Wildman–Crippen LogP) is 3.69. The lowest BCUT2D eigenvalue weighted by atomic mass is 10.1. The second kappa shape index (κ2) is 4.50. The van der Waals surface area contributed by atoms with Crippen molar-refractivity contribution in [3.63, 3.8) is 0 Å². The Labute approximate surface area is 102 Å². The molecule has 0 aliphatic rings. The molecule has 0 atom stereocenters. The Morgan fingerprint density at radius 1 is 0.941 bits per heavy atom. The maximum absolute atomic E-state index is 5.65. The Morgan fingerprint density at radius 2 is 1.59 bits per heavy atom. The summed E-state index contributed by atoms with van der Waals surface area (Å²) in [5.74, 6) is 0. The van der Waals surface area contributed by atoms with Crippen molar-refractivity contribution in [1.82, 2.24) is 4.98 Å². The van der Waals surface area contributed by atoms with E-state index in [2.05, 4.69) is 37.9 Å². The van der Waals surface area contributed by atoms with Crippen LogP contribution in [0.5, 0.6) is 0 Å². The molecule has 0 aliphatic carbocycles. The van der Waals surface area contributed by atoms with Crippen molar-refractivity contribution in [3.05, 3.63) is 52.3 Å². The van der Waals surface area contributed by atoms with Crippen LogP contribution in [0.2, 0.25) is 0 Å². The molecule has 0 aliphatic heterocycles. The quantitative estimate of drug-likeness (QED) is 0.753. The molecule has 2 nitrogen and oxygen atoms in total. The minimum atomic E-state index is 0.796. The van der Waals surface area contributed by atoms with Crippen LogP contribution < -0.4 is 5.73 Å². The van der Waals surface area contributed by atoms with E-state index in [1.807, 2.05) is 24.3 Å². The summed E-state index contributed by atoms with van der Waals surface area (Å²) >= 11 is 0. The van der Waals surface area contributed by atoms with Crippen LogP contribution in [0.4, 0.5) is 5.69 Å². The molecular weight excluding hydrogens is 208 g/mol. The van der Waals surface area contributed by atoms with Gasteiger partial charge in [-0.05, 0) is 55.7 Å². The third-order valence-electron chi connectivity index (χ3n) is 3.23. The van der Waals surface area contributed by atoms with E-state index in [1.165, 1.54) is 22.5 Å². The maximum Gasteiger partial charge on any atom is 0.0415 e. The summed E-state index contributed by atoms with van der Waals surface area (Å²) in [6.07, 6.45) is 4.21. The minimum Gasteiger partial charge on any atom is -0.399 e. The summed E-state index contributed by atoms with van der Waals surface area (Å²) in [4.78, 5) is 3.38. The van der Waals surface area contributed by atoms with Crippen LogP contribution in [0.1, 0.15) is 28.1 Å². The number of nitrogens with one attached hydrogen (secondary N) is 1. The van der Waals surface area contributed by atoms with Gasteiger partial charge in [0.1, 0.15) is 0 Å². The van der Waals surface area contributed by atoms with Crippen LogP contribution >= 0.6 is 0 Å². The van der Waals surface area contributed by atoms with Gasteiger partial charge in [0.05, 0.1) is 0 Å². The number of aromatic nitrogens is 1. The molecule has 0 saturated carbocycles. The molecule has 2 heteroatoms. The molecule has 1 aromatic carbocycles. The molecule has 0 fully saturated rings. The molecule has 0 saturated heterocycles. The highest BCUT2D eigenvalue weighted by Crippen LogP contribution is 2.18. The molecule has 0 radical (unpaired) electrons. The third-order valence-corrected chi connectivity index (χ3v) is 3.23. The first-order chi connectivity index (χ1) is 8.08. The number of aromatic amines is 1. The first kappa shape index (κ1) is 11.5. The van der Waals surface area contributed by atoms with E-state index in [0.717, 1.165) is 11.3 Å². The second-order valence-corrected chi connectivity index (χ2v) is 4.41. The fraction of sp³-hybridized carbons (Fsp3) is 0.200. The lowest BCUT2D eigenvalue weighted by Crippen LogP contribution is -1.82. The number of hydrogen-bond donors (Lipinski definition) is 2. The average Bonchev–Trinajstić information content (AvgIpc) is 2.56. The summed E-state index contributed by atoms with van der Waals surface area (Å²) in [6, 6.07) is 7.86. The van der Waals surface area contributed by atoms with Gasteiger partial charge in [-0.15, -0.1) is 0 Å². The molecule has 1 heterocycles. The Kier molecular flexibility index (Phi) is 3.05. The number of benzene rings is 1. The number of rotatable bonds is 2. The zero-order chi connectivity index (χ0) is 12.4. The molecule has 0 unspecified atom stereocenters. The van der Waals surface area contributed by atoms with Crippen LogP contribution in [0.15, 0.2) is 24.3 Å². The normalized spacial score (nSPS) is 11.2. The average molecular weight is 226 g/mol. The van der Waals surface area contributed by atoms with E-state index in [0.29, 0.717) is 0 Å². The standard InChI is InChI=1S/C15H18N2/c1-10-11(2)15(17-12(10)3)9-6-13-4-7-14(16)8-5-13/h4-9,17H,16H2,1-3H3/b9-6+. The number of anilines is 1. The molecule has 0 spiro atoms. The van der Waals surface area contributed by atoms with Crippen molar-refractivity contribution in [3.8, 4) is 0 Å². The Bertz CT molecular complexity index is 545. The number of aryl methyl sites for hydroxylation is 1. The summed E-state index contributed by atoms with van der Waals surface area (Å²) < 4.78 is 0. The van der Waals surface area contributed by atoms with Crippen molar-refractivity contribution in [1.29, 1.82) is 0 Å². The van der Waals surface area contributed by atoms with Crippen molar-refractivity contribution >= 4 is 17.8 Å². The first-order valence-corrected chi connectivity index (χ1v) is 5.77. The minimum absolute atomic E-state index is 0.796. The lowest BCUT2D eigenvalue weighted by Gasteiger charge is -1.95. The van der Waals surface area contributed by atoms with Crippen LogP contribution in [0, 0.1) is 20.8 Å². The molecular formula is C15H18N2. The summed E-state index contributed by atoms with van der Waals surface area (Å²) in [6.45, 7) is 6.38. The van der Waals surface area contributed by atoms with Crippen molar-refractivity contribution < 1.29 is 0 Å². The number of hydrogen-bond acceptors (Lipinski definition) is 1. The van der Waals surface area contributed by atoms with Gasteiger partial charge < -0.3 is 10.7 Å². The van der Waals surface area contributed by atoms with E-state index in [9.17, 15) is 0 Å². The number of nitrogen functional groups attached to an aromatic ring is 1. The first-order valence-electron chi connectivity index (χ1n) is 5.77. The fourth-order valence-corrected chi connectivity index (χ4v) is 1.83.